The first-order valence-electron chi connectivity index (χ1n) is 9.61. The summed E-state index contributed by atoms with van der Waals surface area (Å²) in [6, 6.07) is 25.0. The van der Waals surface area contributed by atoms with Crippen molar-refractivity contribution in [2.45, 2.75) is 25.3 Å². The minimum atomic E-state index is 0.262. The molecule has 1 aliphatic heterocycles. The number of hydrogen-bond acceptors (Lipinski definition) is 1. The van der Waals surface area contributed by atoms with Crippen LogP contribution in [-0.2, 0) is 6.42 Å². The molecule has 1 nitrogen and oxygen atoms in total. The first kappa shape index (κ1) is 19.6. The molecule has 144 valence electrons. The number of nitrogens with zero attached hydrogens (tertiary/aromatic N) is 1. The molecular weight excluding hydrogens is 409 g/mol. The van der Waals surface area contributed by atoms with Crippen molar-refractivity contribution >= 4 is 40.5 Å². The third-order valence-corrected chi connectivity index (χ3v) is 6.34. The second kappa shape index (κ2) is 8.78. The molecule has 1 aliphatic rings. The van der Waals surface area contributed by atoms with Gasteiger partial charge < -0.3 is 4.90 Å². The zero-order valence-electron chi connectivity index (χ0n) is 15.5. The van der Waals surface area contributed by atoms with Crippen LogP contribution in [0.2, 0.25) is 15.1 Å². The SMILES string of the molecule is Clc1ccc(C2CC(Cc3ccccc3)CCN2c2ccc(Cl)cc2Cl)cc1. The minimum Gasteiger partial charge on any atom is -0.363 e. The number of piperidine rings is 1. The second-order valence-corrected chi connectivity index (χ2v) is 8.72. The lowest BCUT2D eigenvalue weighted by Gasteiger charge is -2.42. The fraction of sp³-hybridized carbons (Fsp3) is 0.250. The molecule has 3 aromatic rings. The molecule has 0 bridgehead atoms. The van der Waals surface area contributed by atoms with E-state index in [1.807, 2.05) is 30.3 Å². The topological polar surface area (TPSA) is 3.24 Å². The van der Waals surface area contributed by atoms with Crippen LogP contribution in [0, 0.1) is 5.92 Å². The molecule has 4 rings (SSSR count). The smallest absolute Gasteiger partial charge is 0.0654 e. The van der Waals surface area contributed by atoms with Crippen molar-refractivity contribution in [1.29, 1.82) is 0 Å². The fourth-order valence-electron chi connectivity index (χ4n) is 4.17. The minimum absolute atomic E-state index is 0.262. The van der Waals surface area contributed by atoms with Gasteiger partial charge in [0.1, 0.15) is 0 Å². The van der Waals surface area contributed by atoms with Gasteiger partial charge in [0.25, 0.3) is 0 Å². The van der Waals surface area contributed by atoms with Crippen molar-refractivity contribution < 1.29 is 0 Å². The molecule has 3 aromatic carbocycles. The summed E-state index contributed by atoms with van der Waals surface area (Å²) in [6.45, 7) is 0.964. The van der Waals surface area contributed by atoms with Gasteiger partial charge in [-0.25, -0.2) is 0 Å². The molecule has 0 saturated carbocycles. The highest BCUT2D eigenvalue weighted by Crippen LogP contribution is 2.42. The van der Waals surface area contributed by atoms with Gasteiger partial charge in [0.15, 0.2) is 0 Å². The van der Waals surface area contributed by atoms with E-state index in [0.717, 1.165) is 36.5 Å². The Hall–Kier alpha value is -1.67. The summed E-state index contributed by atoms with van der Waals surface area (Å²) in [5, 5.41) is 2.13. The molecule has 0 amide bonds. The van der Waals surface area contributed by atoms with Gasteiger partial charge in [0.2, 0.25) is 0 Å². The van der Waals surface area contributed by atoms with E-state index in [-0.39, 0.29) is 6.04 Å². The van der Waals surface area contributed by atoms with Crippen LogP contribution in [0.15, 0.2) is 72.8 Å². The molecule has 1 fully saturated rings. The standard InChI is InChI=1S/C24H22Cl3N/c25-20-8-6-19(7-9-20)24-15-18(14-17-4-2-1-3-5-17)12-13-28(24)23-11-10-21(26)16-22(23)27/h1-11,16,18,24H,12-15H2. The van der Waals surface area contributed by atoms with E-state index in [9.17, 15) is 0 Å². The molecule has 2 unspecified atom stereocenters. The van der Waals surface area contributed by atoms with E-state index < -0.39 is 0 Å². The summed E-state index contributed by atoms with van der Waals surface area (Å²) in [7, 11) is 0. The van der Waals surface area contributed by atoms with Crippen LogP contribution in [-0.4, -0.2) is 6.54 Å². The van der Waals surface area contributed by atoms with Gasteiger partial charge in [0, 0.05) is 16.6 Å². The van der Waals surface area contributed by atoms with Crippen LogP contribution in [0.25, 0.3) is 0 Å². The molecule has 0 aliphatic carbocycles. The highest BCUT2D eigenvalue weighted by molar-refractivity contribution is 6.36. The second-order valence-electron chi connectivity index (χ2n) is 7.44. The third-order valence-electron chi connectivity index (χ3n) is 5.55. The van der Waals surface area contributed by atoms with Gasteiger partial charge in [0.05, 0.1) is 16.8 Å². The van der Waals surface area contributed by atoms with E-state index in [4.69, 9.17) is 34.8 Å². The highest BCUT2D eigenvalue weighted by Gasteiger charge is 2.31. The van der Waals surface area contributed by atoms with Crippen molar-refractivity contribution in [3.8, 4) is 0 Å². The molecule has 28 heavy (non-hydrogen) atoms. The number of anilines is 1. The van der Waals surface area contributed by atoms with Gasteiger partial charge in [-0.15, -0.1) is 0 Å². The van der Waals surface area contributed by atoms with Gasteiger partial charge in [-0.2, -0.15) is 0 Å². The predicted octanol–water partition coefficient (Wildman–Crippen LogP) is 7.85. The Kier molecular flexibility index (Phi) is 6.16. The maximum Gasteiger partial charge on any atom is 0.0654 e. The maximum atomic E-state index is 6.56. The Morgan fingerprint density at radius 3 is 2.25 bits per heavy atom. The van der Waals surface area contributed by atoms with Crippen molar-refractivity contribution in [2.24, 2.45) is 5.92 Å². The van der Waals surface area contributed by atoms with E-state index >= 15 is 0 Å². The van der Waals surface area contributed by atoms with Gasteiger partial charge in [-0.3, -0.25) is 0 Å². The van der Waals surface area contributed by atoms with Crippen LogP contribution in [0.3, 0.4) is 0 Å². The molecule has 1 heterocycles. The van der Waals surface area contributed by atoms with Crippen molar-refractivity contribution in [3.05, 3.63) is 99.0 Å². The quantitative estimate of drug-likeness (QED) is 0.407. The summed E-state index contributed by atoms with van der Waals surface area (Å²) < 4.78 is 0. The Morgan fingerprint density at radius 2 is 1.54 bits per heavy atom. The molecule has 2 atom stereocenters. The van der Waals surface area contributed by atoms with Crippen LogP contribution in [0.4, 0.5) is 5.69 Å². The zero-order chi connectivity index (χ0) is 19.5. The van der Waals surface area contributed by atoms with Crippen LogP contribution in [0.5, 0.6) is 0 Å². The molecule has 4 heteroatoms. The van der Waals surface area contributed by atoms with Crippen molar-refractivity contribution in [3.63, 3.8) is 0 Å². The fourth-order valence-corrected chi connectivity index (χ4v) is 4.82. The third kappa shape index (κ3) is 4.49. The Bertz CT molecular complexity index is 924. The summed E-state index contributed by atoms with van der Waals surface area (Å²) in [5.74, 6) is 0.630. The normalized spacial score (nSPS) is 19.6. The van der Waals surface area contributed by atoms with Crippen LogP contribution < -0.4 is 4.90 Å². The summed E-state index contributed by atoms with van der Waals surface area (Å²) in [5.41, 5.74) is 3.72. The van der Waals surface area contributed by atoms with E-state index in [0.29, 0.717) is 16.0 Å². The first-order chi connectivity index (χ1) is 13.6. The highest BCUT2D eigenvalue weighted by atomic mass is 35.5. The molecular formula is C24H22Cl3N. The average Bonchev–Trinajstić information content (AvgIpc) is 2.70. The number of hydrogen-bond donors (Lipinski definition) is 0. The lowest BCUT2D eigenvalue weighted by molar-refractivity contribution is 0.343. The molecule has 0 aromatic heterocycles. The first-order valence-corrected chi connectivity index (χ1v) is 10.7. The van der Waals surface area contributed by atoms with E-state index in [2.05, 4.69) is 47.4 Å². The van der Waals surface area contributed by atoms with Crippen LogP contribution in [0.1, 0.15) is 30.0 Å². The molecule has 1 saturated heterocycles. The number of halogens is 3. The van der Waals surface area contributed by atoms with Crippen molar-refractivity contribution in [1.82, 2.24) is 0 Å². The Balaban J connectivity index is 1.63. The molecule has 0 spiro atoms. The molecule has 0 radical (unpaired) electrons. The monoisotopic (exact) mass is 429 g/mol. The van der Waals surface area contributed by atoms with Gasteiger partial charge in [-0.1, -0.05) is 77.3 Å². The number of benzene rings is 3. The van der Waals surface area contributed by atoms with Gasteiger partial charge >= 0.3 is 0 Å². The van der Waals surface area contributed by atoms with Crippen LogP contribution >= 0.6 is 34.8 Å². The average molecular weight is 431 g/mol. The largest absolute Gasteiger partial charge is 0.363 e. The predicted molar refractivity (Wildman–Crippen MR) is 121 cm³/mol. The summed E-state index contributed by atoms with van der Waals surface area (Å²) in [4.78, 5) is 2.42. The van der Waals surface area contributed by atoms with Gasteiger partial charge in [-0.05, 0) is 66.6 Å². The van der Waals surface area contributed by atoms with Crippen molar-refractivity contribution in [2.75, 3.05) is 11.4 Å². The Morgan fingerprint density at radius 1 is 0.821 bits per heavy atom. The lowest BCUT2D eigenvalue weighted by Crippen LogP contribution is -2.37. The lowest BCUT2D eigenvalue weighted by atomic mass is 9.83. The number of rotatable bonds is 4. The maximum absolute atomic E-state index is 6.56. The summed E-state index contributed by atoms with van der Waals surface area (Å²) in [6.07, 6.45) is 3.32. The zero-order valence-corrected chi connectivity index (χ0v) is 17.8. The Labute approximate surface area is 181 Å². The molecule has 0 N–H and O–H groups in total. The van der Waals surface area contributed by atoms with E-state index in [1.54, 1.807) is 0 Å². The van der Waals surface area contributed by atoms with E-state index in [1.165, 1.54) is 11.1 Å². The summed E-state index contributed by atoms with van der Waals surface area (Å²) >= 11 is 18.8.